The van der Waals surface area contributed by atoms with Gasteiger partial charge < -0.3 is 5.32 Å². The van der Waals surface area contributed by atoms with Crippen LogP contribution < -0.4 is 5.32 Å². The van der Waals surface area contributed by atoms with Crippen molar-refractivity contribution < 1.29 is 0 Å². The zero-order valence-corrected chi connectivity index (χ0v) is 11.4. The summed E-state index contributed by atoms with van der Waals surface area (Å²) in [4.78, 5) is 4.60. The van der Waals surface area contributed by atoms with Crippen molar-refractivity contribution in [2.75, 3.05) is 0 Å². The topological polar surface area (TPSA) is 42.7 Å². The van der Waals surface area contributed by atoms with Crippen molar-refractivity contribution in [2.24, 2.45) is 0 Å². The van der Waals surface area contributed by atoms with Crippen LogP contribution in [0.1, 0.15) is 30.8 Å². The summed E-state index contributed by atoms with van der Waals surface area (Å²) < 4.78 is 1.81. The van der Waals surface area contributed by atoms with Gasteiger partial charge in [0, 0.05) is 24.5 Å². The van der Waals surface area contributed by atoms with Crippen LogP contribution in [0.2, 0.25) is 0 Å². The molecule has 1 N–H and O–H groups in total. The van der Waals surface area contributed by atoms with Gasteiger partial charge in [0.15, 0.2) is 5.82 Å². The highest BCUT2D eigenvalue weighted by atomic mass is 15.3. The molecule has 0 saturated heterocycles. The van der Waals surface area contributed by atoms with E-state index in [2.05, 4.69) is 35.3 Å². The molecule has 0 saturated carbocycles. The number of rotatable bonds is 4. The van der Waals surface area contributed by atoms with Gasteiger partial charge in [-0.2, -0.15) is 5.10 Å². The fourth-order valence-corrected chi connectivity index (χ4v) is 1.75. The standard InChI is InChI=1S/C14H20N4/c1-10(2)15-9-13-5-6-14(16-12(13)4)18-8-7-11(3)17-18/h5-8,10,15H,9H2,1-4H3. The van der Waals surface area contributed by atoms with E-state index in [0.717, 1.165) is 23.8 Å². The monoisotopic (exact) mass is 244 g/mol. The Balaban J connectivity index is 2.19. The van der Waals surface area contributed by atoms with Crippen molar-refractivity contribution in [3.05, 3.63) is 41.3 Å². The number of aryl methyl sites for hydroxylation is 2. The van der Waals surface area contributed by atoms with Gasteiger partial charge >= 0.3 is 0 Å². The van der Waals surface area contributed by atoms with Gasteiger partial charge in [0.25, 0.3) is 0 Å². The zero-order valence-electron chi connectivity index (χ0n) is 11.4. The number of aromatic nitrogens is 3. The molecule has 0 radical (unpaired) electrons. The molecule has 0 aliphatic heterocycles. The highest BCUT2D eigenvalue weighted by molar-refractivity contribution is 5.29. The van der Waals surface area contributed by atoms with E-state index in [4.69, 9.17) is 0 Å². The molecule has 2 rings (SSSR count). The third kappa shape index (κ3) is 2.96. The van der Waals surface area contributed by atoms with Crippen LogP contribution in [0.3, 0.4) is 0 Å². The van der Waals surface area contributed by atoms with E-state index < -0.39 is 0 Å². The van der Waals surface area contributed by atoms with Gasteiger partial charge in [-0.1, -0.05) is 19.9 Å². The maximum absolute atomic E-state index is 4.60. The Labute approximate surface area is 108 Å². The average Bonchev–Trinajstić information content (AvgIpc) is 2.74. The Kier molecular flexibility index (Phi) is 3.77. The van der Waals surface area contributed by atoms with Crippen molar-refractivity contribution in [2.45, 2.75) is 40.3 Å². The summed E-state index contributed by atoms with van der Waals surface area (Å²) in [5.74, 6) is 0.869. The largest absolute Gasteiger partial charge is 0.310 e. The van der Waals surface area contributed by atoms with Crippen LogP contribution in [0, 0.1) is 13.8 Å². The van der Waals surface area contributed by atoms with Crippen LogP contribution in [-0.2, 0) is 6.54 Å². The molecule has 0 amide bonds. The first-order valence-electron chi connectivity index (χ1n) is 6.29. The average molecular weight is 244 g/mol. The smallest absolute Gasteiger partial charge is 0.153 e. The van der Waals surface area contributed by atoms with Gasteiger partial charge in [-0.25, -0.2) is 9.67 Å². The first-order valence-corrected chi connectivity index (χ1v) is 6.29. The van der Waals surface area contributed by atoms with Gasteiger partial charge in [0.2, 0.25) is 0 Å². The highest BCUT2D eigenvalue weighted by Crippen LogP contribution is 2.10. The van der Waals surface area contributed by atoms with E-state index in [1.54, 1.807) is 0 Å². The van der Waals surface area contributed by atoms with Crippen LogP contribution in [0.5, 0.6) is 0 Å². The van der Waals surface area contributed by atoms with Crippen molar-refractivity contribution in [3.63, 3.8) is 0 Å². The number of nitrogens with one attached hydrogen (secondary N) is 1. The minimum atomic E-state index is 0.484. The Bertz CT molecular complexity index is 528. The van der Waals surface area contributed by atoms with Gasteiger partial charge in [-0.15, -0.1) is 0 Å². The molecule has 0 bridgehead atoms. The van der Waals surface area contributed by atoms with Gasteiger partial charge in [0.1, 0.15) is 0 Å². The number of hydrogen-bond acceptors (Lipinski definition) is 3. The van der Waals surface area contributed by atoms with Crippen LogP contribution in [0.4, 0.5) is 0 Å². The van der Waals surface area contributed by atoms with Crippen LogP contribution >= 0.6 is 0 Å². The Hall–Kier alpha value is -1.68. The van der Waals surface area contributed by atoms with Crippen molar-refractivity contribution in [1.82, 2.24) is 20.1 Å². The number of hydrogen-bond donors (Lipinski definition) is 1. The molecule has 2 aromatic rings. The molecule has 0 aliphatic rings. The Morgan fingerprint density at radius 2 is 2.00 bits per heavy atom. The summed E-state index contributed by atoms with van der Waals surface area (Å²) in [6, 6.07) is 6.59. The first kappa shape index (κ1) is 12.8. The zero-order chi connectivity index (χ0) is 13.1. The second-order valence-corrected chi connectivity index (χ2v) is 4.85. The lowest BCUT2D eigenvalue weighted by molar-refractivity contribution is 0.586. The molecule has 4 heteroatoms. The quantitative estimate of drug-likeness (QED) is 0.898. The molecule has 2 aromatic heterocycles. The van der Waals surface area contributed by atoms with E-state index in [9.17, 15) is 0 Å². The Morgan fingerprint density at radius 3 is 2.56 bits per heavy atom. The molecular formula is C14H20N4. The van der Waals surface area contributed by atoms with Crippen molar-refractivity contribution in [3.8, 4) is 5.82 Å². The normalized spacial score (nSPS) is 11.2. The van der Waals surface area contributed by atoms with E-state index in [0.29, 0.717) is 6.04 Å². The lowest BCUT2D eigenvalue weighted by atomic mass is 10.2. The summed E-state index contributed by atoms with van der Waals surface area (Å²) in [6.07, 6.45) is 1.93. The SMILES string of the molecule is Cc1ccn(-c2ccc(CNC(C)C)c(C)n2)n1. The van der Waals surface area contributed by atoms with E-state index >= 15 is 0 Å². The Morgan fingerprint density at radius 1 is 1.22 bits per heavy atom. The van der Waals surface area contributed by atoms with Crippen LogP contribution in [-0.4, -0.2) is 20.8 Å². The minimum Gasteiger partial charge on any atom is -0.310 e. The number of pyridine rings is 1. The predicted molar refractivity (Wildman–Crippen MR) is 72.8 cm³/mol. The third-order valence-electron chi connectivity index (χ3n) is 2.84. The molecule has 0 fully saturated rings. The summed E-state index contributed by atoms with van der Waals surface area (Å²) in [5, 5.41) is 7.77. The maximum Gasteiger partial charge on any atom is 0.153 e. The number of nitrogens with zero attached hydrogens (tertiary/aromatic N) is 3. The molecule has 2 heterocycles. The lowest BCUT2D eigenvalue weighted by Gasteiger charge is -2.11. The van der Waals surface area contributed by atoms with Crippen LogP contribution in [0.15, 0.2) is 24.4 Å². The molecule has 0 unspecified atom stereocenters. The van der Waals surface area contributed by atoms with E-state index in [1.807, 2.05) is 36.9 Å². The molecule has 0 atom stereocenters. The van der Waals surface area contributed by atoms with Gasteiger partial charge in [-0.3, -0.25) is 0 Å². The van der Waals surface area contributed by atoms with E-state index in [-0.39, 0.29) is 0 Å². The molecule has 0 aromatic carbocycles. The van der Waals surface area contributed by atoms with E-state index in [1.165, 1.54) is 5.56 Å². The summed E-state index contributed by atoms with van der Waals surface area (Å²) in [7, 11) is 0. The van der Waals surface area contributed by atoms with Gasteiger partial charge in [0.05, 0.1) is 5.69 Å². The molecule has 96 valence electrons. The molecule has 4 nitrogen and oxygen atoms in total. The van der Waals surface area contributed by atoms with Crippen molar-refractivity contribution >= 4 is 0 Å². The molecular weight excluding hydrogens is 224 g/mol. The molecule has 18 heavy (non-hydrogen) atoms. The van der Waals surface area contributed by atoms with Crippen molar-refractivity contribution in [1.29, 1.82) is 0 Å². The second-order valence-electron chi connectivity index (χ2n) is 4.85. The van der Waals surface area contributed by atoms with Crippen LogP contribution in [0.25, 0.3) is 5.82 Å². The summed E-state index contributed by atoms with van der Waals surface area (Å²) >= 11 is 0. The second kappa shape index (κ2) is 5.31. The minimum absolute atomic E-state index is 0.484. The predicted octanol–water partition coefficient (Wildman–Crippen LogP) is 2.38. The molecule has 0 spiro atoms. The first-order chi connectivity index (χ1) is 8.56. The molecule has 0 aliphatic carbocycles. The highest BCUT2D eigenvalue weighted by Gasteiger charge is 2.05. The fourth-order valence-electron chi connectivity index (χ4n) is 1.75. The van der Waals surface area contributed by atoms with Gasteiger partial charge in [-0.05, 0) is 31.5 Å². The summed E-state index contributed by atoms with van der Waals surface area (Å²) in [5.41, 5.74) is 3.28. The summed E-state index contributed by atoms with van der Waals surface area (Å²) in [6.45, 7) is 9.16. The maximum atomic E-state index is 4.60. The third-order valence-corrected chi connectivity index (χ3v) is 2.84. The fraction of sp³-hybridized carbons (Fsp3) is 0.429. The lowest BCUT2D eigenvalue weighted by Crippen LogP contribution is -2.22.